The molecule has 0 atom stereocenters. The molecule has 0 spiro atoms. The Kier molecular flexibility index (Phi) is 3.82. The molecule has 0 aliphatic heterocycles. The van der Waals surface area contributed by atoms with Gasteiger partial charge >= 0.3 is 0 Å². The zero-order chi connectivity index (χ0) is 7.33. The lowest BCUT2D eigenvalue weighted by molar-refractivity contribution is 0.102. The van der Waals surface area contributed by atoms with E-state index >= 15 is 0 Å². The lowest BCUT2D eigenvalue weighted by atomic mass is 9.91. The average molecular weight is 132 g/mol. The first-order chi connectivity index (χ1) is 4.12. The summed E-state index contributed by atoms with van der Waals surface area (Å²) in [5.74, 6) is 0. The van der Waals surface area contributed by atoms with E-state index in [0.717, 1.165) is 13.0 Å². The van der Waals surface area contributed by atoms with Crippen molar-refractivity contribution in [2.45, 2.75) is 20.3 Å². The summed E-state index contributed by atoms with van der Waals surface area (Å²) in [6.07, 6.45) is 0.917. The second kappa shape index (κ2) is 3.85. The topological polar surface area (TPSA) is 29.5 Å². The fraction of sp³-hybridized carbons (Fsp3) is 1.00. The van der Waals surface area contributed by atoms with E-state index < -0.39 is 0 Å². The van der Waals surface area contributed by atoms with Gasteiger partial charge in [-0.1, -0.05) is 13.8 Å². The van der Waals surface area contributed by atoms with Crippen molar-refractivity contribution in [2.24, 2.45) is 5.41 Å². The van der Waals surface area contributed by atoms with Crippen LogP contribution in [0.5, 0.6) is 0 Å². The van der Waals surface area contributed by atoms with E-state index in [1.807, 2.05) is 13.8 Å². The summed E-state index contributed by atoms with van der Waals surface area (Å²) < 4.78 is 4.87. The van der Waals surface area contributed by atoms with Crippen molar-refractivity contribution in [3.63, 3.8) is 0 Å². The van der Waals surface area contributed by atoms with Gasteiger partial charge in [-0.2, -0.15) is 0 Å². The Balaban J connectivity index is 3.33. The van der Waals surface area contributed by atoms with E-state index in [9.17, 15) is 0 Å². The quantitative estimate of drug-likeness (QED) is 0.619. The summed E-state index contributed by atoms with van der Waals surface area (Å²) in [4.78, 5) is 0. The standard InChI is InChI=1S/C7H16O2/c1-7(2,6-8)4-5-9-3/h8H,4-6H2,1-3H3. The molecule has 0 amide bonds. The molecular weight excluding hydrogens is 116 g/mol. The normalized spacial score (nSPS) is 12.0. The minimum absolute atomic E-state index is 0.0238. The van der Waals surface area contributed by atoms with E-state index in [4.69, 9.17) is 9.84 Å². The summed E-state index contributed by atoms with van der Waals surface area (Å²) in [7, 11) is 1.67. The smallest absolute Gasteiger partial charge is 0.0482 e. The van der Waals surface area contributed by atoms with Crippen LogP contribution >= 0.6 is 0 Å². The molecule has 2 nitrogen and oxygen atoms in total. The van der Waals surface area contributed by atoms with Crippen molar-refractivity contribution in [1.29, 1.82) is 0 Å². The predicted octanol–water partition coefficient (Wildman–Crippen LogP) is 1.04. The second-order valence-corrected chi connectivity index (χ2v) is 3.07. The minimum atomic E-state index is 0.0238. The van der Waals surface area contributed by atoms with Crippen LogP contribution in [0.25, 0.3) is 0 Å². The number of aliphatic hydroxyl groups is 1. The van der Waals surface area contributed by atoms with Gasteiger partial charge in [-0.25, -0.2) is 0 Å². The summed E-state index contributed by atoms with van der Waals surface area (Å²) in [6, 6.07) is 0. The summed E-state index contributed by atoms with van der Waals surface area (Å²) >= 11 is 0. The summed E-state index contributed by atoms with van der Waals surface area (Å²) in [5.41, 5.74) is 0.0238. The Morgan fingerprint density at radius 2 is 2.00 bits per heavy atom. The van der Waals surface area contributed by atoms with Crippen LogP contribution in [0.1, 0.15) is 20.3 Å². The van der Waals surface area contributed by atoms with Crippen molar-refractivity contribution in [1.82, 2.24) is 0 Å². The van der Waals surface area contributed by atoms with Gasteiger partial charge in [0.15, 0.2) is 0 Å². The van der Waals surface area contributed by atoms with Gasteiger partial charge in [-0.3, -0.25) is 0 Å². The molecule has 0 aliphatic rings. The molecule has 2 heteroatoms. The lowest BCUT2D eigenvalue weighted by Crippen LogP contribution is -2.18. The molecule has 0 saturated carbocycles. The highest BCUT2D eigenvalue weighted by Crippen LogP contribution is 2.17. The van der Waals surface area contributed by atoms with Gasteiger partial charge in [0.1, 0.15) is 0 Å². The summed E-state index contributed by atoms with van der Waals surface area (Å²) in [5, 5.41) is 8.77. The van der Waals surface area contributed by atoms with E-state index in [1.54, 1.807) is 7.11 Å². The molecule has 56 valence electrons. The van der Waals surface area contributed by atoms with Gasteiger partial charge in [-0.05, 0) is 11.8 Å². The number of methoxy groups -OCH3 is 1. The van der Waals surface area contributed by atoms with E-state index in [1.165, 1.54) is 0 Å². The number of hydrogen-bond donors (Lipinski definition) is 1. The molecule has 0 saturated heterocycles. The van der Waals surface area contributed by atoms with Crippen LogP contribution in [0, 0.1) is 5.41 Å². The Bertz CT molecular complexity index is 69.3. The largest absolute Gasteiger partial charge is 0.396 e. The van der Waals surface area contributed by atoms with Crippen LogP contribution in [-0.4, -0.2) is 25.4 Å². The van der Waals surface area contributed by atoms with Crippen molar-refractivity contribution < 1.29 is 9.84 Å². The van der Waals surface area contributed by atoms with Crippen LogP contribution in [0.2, 0.25) is 0 Å². The minimum Gasteiger partial charge on any atom is -0.396 e. The third kappa shape index (κ3) is 4.43. The molecule has 1 N–H and O–H groups in total. The highest BCUT2D eigenvalue weighted by Gasteiger charge is 2.14. The first kappa shape index (κ1) is 8.92. The molecule has 0 rings (SSSR count). The van der Waals surface area contributed by atoms with Crippen LogP contribution in [0.15, 0.2) is 0 Å². The van der Waals surface area contributed by atoms with Gasteiger partial charge in [0.2, 0.25) is 0 Å². The number of hydrogen-bond acceptors (Lipinski definition) is 2. The monoisotopic (exact) mass is 132 g/mol. The summed E-state index contributed by atoms with van der Waals surface area (Å²) in [6.45, 7) is 5.00. The maximum Gasteiger partial charge on any atom is 0.0482 e. The van der Waals surface area contributed by atoms with Gasteiger partial charge in [-0.15, -0.1) is 0 Å². The molecule has 0 unspecified atom stereocenters. The van der Waals surface area contributed by atoms with Crippen LogP contribution in [0.3, 0.4) is 0 Å². The number of ether oxygens (including phenoxy) is 1. The van der Waals surface area contributed by atoms with Crippen molar-refractivity contribution in [2.75, 3.05) is 20.3 Å². The first-order valence-electron chi connectivity index (χ1n) is 3.22. The van der Waals surface area contributed by atoms with E-state index in [-0.39, 0.29) is 12.0 Å². The predicted molar refractivity (Wildman–Crippen MR) is 37.4 cm³/mol. The van der Waals surface area contributed by atoms with Crippen molar-refractivity contribution >= 4 is 0 Å². The Labute approximate surface area is 56.8 Å². The van der Waals surface area contributed by atoms with Crippen LogP contribution in [0.4, 0.5) is 0 Å². The highest BCUT2D eigenvalue weighted by atomic mass is 16.5. The maximum absolute atomic E-state index is 8.77. The first-order valence-corrected chi connectivity index (χ1v) is 3.22. The molecule has 0 aromatic heterocycles. The average Bonchev–Trinajstić information content (AvgIpc) is 1.84. The molecular formula is C7H16O2. The van der Waals surface area contributed by atoms with Gasteiger partial charge in [0.25, 0.3) is 0 Å². The van der Waals surface area contributed by atoms with Crippen LogP contribution in [-0.2, 0) is 4.74 Å². The highest BCUT2D eigenvalue weighted by molar-refractivity contribution is 4.65. The third-order valence-corrected chi connectivity index (χ3v) is 1.41. The molecule has 0 fully saturated rings. The lowest BCUT2D eigenvalue weighted by Gasteiger charge is -2.20. The second-order valence-electron chi connectivity index (χ2n) is 3.07. The van der Waals surface area contributed by atoms with Crippen LogP contribution < -0.4 is 0 Å². The van der Waals surface area contributed by atoms with Crippen molar-refractivity contribution in [3.05, 3.63) is 0 Å². The fourth-order valence-electron chi connectivity index (χ4n) is 0.457. The molecule has 0 aliphatic carbocycles. The molecule has 0 radical (unpaired) electrons. The Morgan fingerprint density at radius 1 is 1.44 bits per heavy atom. The number of rotatable bonds is 4. The zero-order valence-electron chi connectivity index (χ0n) is 6.48. The molecule has 0 aromatic rings. The molecule has 0 heterocycles. The SMILES string of the molecule is COCCC(C)(C)CO. The van der Waals surface area contributed by atoms with Gasteiger partial charge < -0.3 is 9.84 Å². The van der Waals surface area contributed by atoms with Gasteiger partial charge in [0, 0.05) is 20.3 Å². The zero-order valence-corrected chi connectivity index (χ0v) is 6.48. The maximum atomic E-state index is 8.77. The molecule has 0 bridgehead atoms. The van der Waals surface area contributed by atoms with E-state index in [2.05, 4.69) is 0 Å². The fourth-order valence-corrected chi connectivity index (χ4v) is 0.457. The number of aliphatic hydroxyl groups excluding tert-OH is 1. The Morgan fingerprint density at radius 3 is 2.33 bits per heavy atom. The van der Waals surface area contributed by atoms with Crippen molar-refractivity contribution in [3.8, 4) is 0 Å². The Hall–Kier alpha value is -0.0800. The van der Waals surface area contributed by atoms with E-state index in [0.29, 0.717) is 0 Å². The third-order valence-electron chi connectivity index (χ3n) is 1.41. The van der Waals surface area contributed by atoms with Gasteiger partial charge in [0.05, 0.1) is 0 Å². The molecule has 0 aromatic carbocycles. The molecule has 9 heavy (non-hydrogen) atoms.